The standard InChI is InChI=1S/C17H21NO/c1-14-8-7-11-17(12-14)19-15(2)18(3)13-16-9-5-4-6-10-16/h4-12,15H,13H2,1-3H3. The Bertz CT molecular complexity index is 510. The van der Waals surface area contributed by atoms with Crippen LogP contribution in [0.15, 0.2) is 54.6 Å². The predicted octanol–water partition coefficient (Wildman–Crippen LogP) is 3.85. The van der Waals surface area contributed by atoms with E-state index in [1.54, 1.807) is 0 Å². The Hall–Kier alpha value is -1.80. The molecule has 0 bridgehead atoms. The molecule has 0 spiro atoms. The maximum Gasteiger partial charge on any atom is 0.149 e. The SMILES string of the molecule is Cc1cccc(OC(C)N(C)Cc2ccccc2)c1. The average Bonchev–Trinajstić information content (AvgIpc) is 2.40. The molecule has 100 valence electrons. The van der Waals surface area contributed by atoms with Crippen LogP contribution in [0.1, 0.15) is 18.1 Å². The Labute approximate surface area is 115 Å². The summed E-state index contributed by atoms with van der Waals surface area (Å²) in [4.78, 5) is 2.19. The summed E-state index contributed by atoms with van der Waals surface area (Å²) in [5.74, 6) is 0.924. The summed E-state index contributed by atoms with van der Waals surface area (Å²) in [7, 11) is 2.08. The van der Waals surface area contributed by atoms with Crippen molar-refractivity contribution >= 4 is 0 Å². The van der Waals surface area contributed by atoms with Crippen molar-refractivity contribution < 1.29 is 4.74 Å². The van der Waals surface area contributed by atoms with Crippen LogP contribution in [0.2, 0.25) is 0 Å². The van der Waals surface area contributed by atoms with Gasteiger partial charge in [0, 0.05) is 6.54 Å². The lowest BCUT2D eigenvalue weighted by atomic mass is 10.2. The smallest absolute Gasteiger partial charge is 0.149 e. The fourth-order valence-electron chi connectivity index (χ4n) is 1.98. The Kier molecular flexibility index (Phi) is 4.58. The molecule has 0 heterocycles. The van der Waals surface area contributed by atoms with Crippen LogP contribution in [-0.2, 0) is 6.54 Å². The van der Waals surface area contributed by atoms with Gasteiger partial charge in [0.25, 0.3) is 0 Å². The van der Waals surface area contributed by atoms with E-state index >= 15 is 0 Å². The van der Waals surface area contributed by atoms with E-state index in [-0.39, 0.29) is 6.23 Å². The van der Waals surface area contributed by atoms with E-state index in [1.807, 2.05) is 18.2 Å². The molecule has 2 aromatic carbocycles. The highest BCUT2D eigenvalue weighted by Crippen LogP contribution is 2.16. The molecule has 1 atom stereocenters. The van der Waals surface area contributed by atoms with Crippen molar-refractivity contribution in [3.05, 3.63) is 65.7 Å². The van der Waals surface area contributed by atoms with Crippen molar-refractivity contribution in [1.29, 1.82) is 0 Å². The van der Waals surface area contributed by atoms with Gasteiger partial charge in [-0.2, -0.15) is 0 Å². The number of hydrogen-bond acceptors (Lipinski definition) is 2. The zero-order chi connectivity index (χ0) is 13.7. The Morgan fingerprint density at radius 3 is 2.47 bits per heavy atom. The van der Waals surface area contributed by atoms with Crippen LogP contribution in [0.5, 0.6) is 5.75 Å². The van der Waals surface area contributed by atoms with Gasteiger partial charge in [-0.1, -0.05) is 42.5 Å². The average molecular weight is 255 g/mol. The Morgan fingerprint density at radius 1 is 1.05 bits per heavy atom. The highest BCUT2D eigenvalue weighted by atomic mass is 16.5. The molecular weight excluding hydrogens is 234 g/mol. The molecule has 0 radical (unpaired) electrons. The van der Waals surface area contributed by atoms with Crippen LogP contribution in [0.3, 0.4) is 0 Å². The van der Waals surface area contributed by atoms with Gasteiger partial charge in [-0.3, -0.25) is 4.90 Å². The first-order valence-electron chi connectivity index (χ1n) is 6.62. The van der Waals surface area contributed by atoms with E-state index in [0.717, 1.165) is 12.3 Å². The molecule has 0 aliphatic rings. The molecule has 2 rings (SSSR count). The minimum Gasteiger partial charge on any atom is -0.475 e. The second-order valence-corrected chi connectivity index (χ2v) is 4.93. The maximum absolute atomic E-state index is 5.96. The molecule has 2 nitrogen and oxygen atoms in total. The summed E-state index contributed by atoms with van der Waals surface area (Å²) < 4.78 is 5.96. The first kappa shape index (κ1) is 13.6. The van der Waals surface area contributed by atoms with Gasteiger partial charge in [0.15, 0.2) is 0 Å². The van der Waals surface area contributed by atoms with E-state index in [2.05, 4.69) is 62.2 Å². The number of rotatable bonds is 5. The van der Waals surface area contributed by atoms with Crippen LogP contribution >= 0.6 is 0 Å². The van der Waals surface area contributed by atoms with Crippen molar-refractivity contribution in [1.82, 2.24) is 4.90 Å². The maximum atomic E-state index is 5.96. The lowest BCUT2D eigenvalue weighted by molar-refractivity contribution is 0.0550. The highest BCUT2D eigenvalue weighted by molar-refractivity contribution is 5.27. The Balaban J connectivity index is 1.94. The van der Waals surface area contributed by atoms with Crippen LogP contribution < -0.4 is 4.74 Å². The largest absolute Gasteiger partial charge is 0.475 e. The van der Waals surface area contributed by atoms with Gasteiger partial charge in [0.05, 0.1) is 0 Å². The molecule has 0 N–H and O–H groups in total. The molecule has 2 heteroatoms. The molecule has 0 aromatic heterocycles. The highest BCUT2D eigenvalue weighted by Gasteiger charge is 2.11. The van der Waals surface area contributed by atoms with Gasteiger partial charge < -0.3 is 4.74 Å². The third-order valence-electron chi connectivity index (χ3n) is 3.19. The molecule has 1 unspecified atom stereocenters. The molecule has 0 saturated carbocycles. The fourth-order valence-corrected chi connectivity index (χ4v) is 1.98. The van der Waals surface area contributed by atoms with Gasteiger partial charge in [-0.05, 0) is 44.2 Å². The Morgan fingerprint density at radius 2 is 1.79 bits per heavy atom. The molecule has 0 aliphatic heterocycles. The molecule has 2 aromatic rings. The lowest BCUT2D eigenvalue weighted by Gasteiger charge is -2.25. The number of benzene rings is 2. The zero-order valence-electron chi connectivity index (χ0n) is 11.8. The third kappa shape index (κ3) is 4.11. The minimum atomic E-state index is 0.0435. The molecule has 0 fully saturated rings. The van der Waals surface area contributed by atoms with E-state index in [9.17, 15) is 0 Å². The third-order valence-corrected chi connectivity index (χ3v) is 3.19. The van der Waals surface area contributed by atoms with Crippen LogP contribution in [-0.4, -0.2) is 18.2 Å². The second-order valence-electron chi connectivity index (χ2n) is 4.93. The molecule has 0 saturated heterocycles. The van der Waals surface area contributed by atoms with Crippen molar-refractivity contribution in [3.8, 4) is 5.75 Å². The molecule has 0 aliphatic carbocycles. The van der Waals surface area contributed by atoms with Gasteiger partial charge in [-0.15, -0.1) is 0 Å². The van der Waals surface area contributed by atoms with Crippen molar-refractivity contribution in [3.63, 3.8) is 0 Å². The molecular formula is C17H21NO. The van der Waals surface area contributed by atoms with E-state index in [0.29, 0.717) is 0 Å². The van der Waals surface area contributed by atoms with Crippen molar-refractivity contribution in [2.45, 2.75) is 26.6 Å². The van der Waals surface area contributed by atoms with Gasteiger partial charge in [-0.25, -0.2) is 0 Å². The summed E-state index contributed by atoms with van der Waals surface area (Å²) in [6, 6.07) is 18.6. The zero-order valence-corrected chi connectivity index (χ0v) is 11.8. The summed E-state index contributed by atoms with van der Waals surface area (Å²) in [5, 5.41) is 0. The number of hydrogen-bond donors (Lipinski definition) is 0. The van der Waals surface area contributed by atoms with Gasteiger partial charge in [0.1, 0.15) is 12.0 Å². The summed E-state index contributed by atoms with van der Waals surface area (Å²) >= 11 is 0. The fraction of sp³-hybridized carbons (Fsp3) is 0.294. The predicted molar refractivity (Wildman–Crippen MR) is 79.2 cm³/mol. The number of nitrogens with zero attached hydrogens (tertiary/aromatic N) is 1. The number of ether oxygens (including phenoxy) is 1. The monoisotopic (exact) mass is 255 g/mol. The van der Waals surface area contributed by atoms with Crippen molar-refractivity contribution in [2.24, 2.45) is 0 Å². The van der Waals surface area contributed by atoms with E-state index in [4.69, 9.17) is 4.74 Å². The topological polar surface area (TPSA) is 12.5 Å². The van der Waals surface area contributed by atoms with Crippen LogP contribution in [0, 0.1) is 6.92 Å². The van der Waals surface area contributed by atoms with Crippen molar-refractivity contribution in [2.75, 3.05) is 7.05 Å². The molecule has 0 amide bonds. The summed E-state index contributed by atoms with van der Waals surface area (Å²) in [5.41, 5.74) is 2.51. The van der Waals surface area contributed by atoms with Gasteiger partial charge in [0.2, 0.25) is 0 Å². The van der Waals surface area contributed by atoms with E-state index < -0.39 is 0 Å². The van der Waals surface area contributed by atoms with Crippen LogP contribution in [0.25, 0.3) is 0 Å². The molecule has 19 heavy (non-hydrogen) atoms. The second kappa shape index (κ2) is 6.39. The quantitative estimate of drug-likeness (QED) is 0.752. The van der Waals surface area contributed by atoms with Gasteiger partial charge >= 0.3 is 0 Å². The normalized spacial score (nSPS) is 12.4. The van der Waals surface area contributed by atoms with E-state index in [1.165, 1.54) is 11.1 Å². The summed E-state index contributed by atoms with van der Waals surface area (Å²) in [6.45, 7) is 5.03. The first-order valence-corrected chi connectivity index (χ1v) is 6.62. The number of aryl methyl sites for hydroxylation is 1. The first-order chi connectivity index (χ1) is 9.15. The lowest BCUT2D eigenvalue weighted by Crippen LogP contribution is -2.33. The van der Waals surface area contributed by atoms with Crippen LogP contribution in [0.4, 0.5) is 0 Å². The summed E-state index contributed by atoms with van der Waals surface area (Å²) in [6.07, 6.45) is 0.0435. The minimum absolute atomic E-state index is 0.0435.